The van der Waals surface area contributed by atoms with E-state index >= 15 is 0 Å². The number of nitrogens with one attached hydrogen (secondary N) is 2. The number of hydrogen-bond donors (Lipinski definition) is 3. The van der Waals surface area contributed by atoms with Gasteiger partial charge in [0.1, 0.15) is 5.82 Å². The van der Waals surface area contributed by atoms with Crippen molar-refractivity contribution in [3.05, 3.63) is 11.9 Å². The van der Waals surface area contributed by atoms with Gasteiger partial charge in [0.15, 0.2) is 0 Å². The SMILES string of the molecule is NC1=CC(C2CCCCC2)NN1. The van der Waals surface area contributed by atoms with Gasteiger partial charge in [-0.2, -0.15) is 0 Å². The van der Waals surface area contributed by atoms with Crippen LogP contribution in [0.1, 0.15) is 32.1 Å². The molecule has 0 aromatic rings. The van der Waals surface area contributed by atoms with Crippen molar-refractivity contribution in [3.8, 4) is 0 Å². The van der Waals surface area contributed by atoms with Gasteiger partial charge in [0.25, 0.3) is 0 Å². The molecule has 1 aliphatic carbocycles. The predicted octanol–water partition coefficient (Wildman–Crippen LogP) is 0.843. The standard InChI is InChI=1S/C9H17N3/c10-9-6-8(11-12-9)7-4-2-1-3-5-7/h6-8,11-12H,1-5,10H2. The van der Waals surface area contributed by atoms with Gasteiger partial charge in [-0.15, -0.1) is 0 Å². The highest BCUT2D eigenvalue weighted by atomic mass is 15.4. The van der Waals surface area contributed by atoms with Gasteiger partial charge in [0, 0.05) is 0 Å². The molecule has 1 unspecified atom stereocenters. The number of hydrogen-bond acceptors (Lipinski definition) is 3. The summed E-state index contributed by atoms with van der Waals surface area (Å²) in [5.74, 6) is 1.58. The maximum absolute atomic E-state index is 5.62. The fraction of sp³-hybridized carbons (Fsp3) is 0.778. The molecular formula is C9H17N3. The first kappa shape index (κ1) is 7.92. The van der Waals surface area contributed by atoms with Gasteiger partial charge in [0.2, 0.25) is 0 Å². The molecule has 1 saturated carbocycles. The second-order valence-electron chi connectivity index (χ2n) is 3.82. The summed E-state index contributed by atoms with van der Waals surface area (Å²) >= 11 is 0. The van der Waals surface area contributed by atoms with Crippen LogP contribution in [0, 0.1) is 5.92 Å². The van der Waals surface area contributed by atoms with Gasteiger partial charge in [-0.1, -0.05) is 19.3 Å². The van der Waals surface area contributed by atoms with Crippen molar-refractivity contribution in [1.29, 1.82) is 0 Å². The Morgan fingerprint density at radius 1 is 1.25 bits per heavy atom. The molecule has 3 heteroatoms. The van der Waals surface area contributed by atoms with Gasteiger partial charge < -0.3 is 11.2 Å². The third-order valence-corrected chi connectivity index (χ3v) is 2.90. The van der Waals surface area contributed by atoms with E-state index in [4.69, 9.17) is 5.73 Å². The van der Waals surface area contributed by atoms with Crippen molar-refractivity contribution < 1.29 is 0 Å². The monoisotopic (exact) mass is 167 g/mol. The molecule has 0 bridgehead atoms. The van der Waals surface area contributed by atoms with E-state index in [1.54, 1.807) is 0 Å². The topological polar surface area (TPSA) is 50.1 Å². The lowest BCUT2D eigenvalue weighted by atomic mass is 9.84. The molecule has 68 valence electrons. The van der Waals surface area contributed by atoms with Crippen LogP contribution < -0.4 is 16.6 Å². The lowest BCUT2D eigenvalue weighted by molar-refractivity contribution is 0.301. The average molecular weight is 167 g/mol. The fourth-order valence-electron chi connectivity index (χ4n) is 2.19. The highest BCUT2D eigenvalue weighted by molar-refractivity contribution is 5.08. The van der Waals surface area contributed by atoms with Crippen molar-refractivity contribution in [3.63, 3.8) is 0 Å². The highest BCUT2D eigenvalue weighted by Crippen LogP contribution is 2.27. The van der Waals surface area contributed by atoms with Crippen LogP contribution in [0.15, 0.2) is 11.9 Å². The number of rotatable bonds is 1. The Bertz CT molecular complexity index is 182. The molecule has 2 rings (SSSR count). The van der Waals surface area contributed by atoms with Crippen molar-refractivity contribution >= 4 is 0 Å². The molecule has 0 radical (unpaired) electrons. The summed E-state index contributed by atoms with van der Waals surface area (Å²) in [4.78, 5) is 0. The molecule has 0 saturated heterocycles. The Balaban J connectivity index is 1.91. The first-order valence-corrected chi connectivity index (χ1v) is 4.85. The first-order valence-electron chi connectivity index (χ1n) is 4.85. The van der Waals surface area contributed by atoms with E-state index in [1.165, 1.54) is 32.1 Å². The van der Waals surface area contributed by atoms with Gasteiger partial charge in [-0.25, -0.2) is 5.43 Å². The zero-order chi connectivity index (χ0) is 8.39. The van der Waals surface area contributed by atoms with Gasteiger partial charge in [-0.3, -0.25) is 0 Å². The summed E-state index contributed by atoms with van der Waals surface area (Å²) in [6.45, 7) is 0. The van der Waals surface area contributed by atoms with E-state index in [9.17, 15) is 0 Å². The second kappa shape index (κ2) is 3.35. The van der Waals surface area contributed by atoms with Crippen molar-refractivity contribution in [2.75, 3.05) is 0 Å². The third kappa shape index (κ3) is 1.55. The number of hydrazine groups is 1. The molecular weight excluding hydrogens is 150 g/mol. The van der Waals surface area contributed by atoms with Crippen molar-refractivity contribution in [2.24, 2.45) is 11.7 Å². The second-order valence-corrected chi connectivity index (χ2v) is 3.82. The molecule has 4 N–H and O–H groups in total. The van der Waals surface area contributed by atoms with E-state index in [1.807, 2.05) is 0 Å². The van der Waals surface area contributed by atoms with Crippen LogP contribution in [0.4, 0.5) is 0 Å². The minimum atomic E-state index is 0.477. The van der Waals surface area contributed by atoms with E-state index < -0.39 is 0 Å². The predicted molar refractivity (Wildman–Crippen MR) is 48.9 cm³/mol. The summed E-state index contributed by atoms with van der Waals surface area (Å²) in [5.41, 5.74) is 11.8. The summed E-state index contributed by atoms with van der Waals surface area (Å²) < 4.78 is 0. The third-order valence-electron chi connectivity index (χ3n) is 2.90. The molecule has 0 spiro atoms. The van der Waals surface area contributed by atoms with E-state index in [2.05, 4.69) is 16.9 Å². The van der Waals surface area contributed by atoms with Crippen LogP contribution in [0.5, 0.6) is 0 Å². The molecule has 0 aromatic carbocycles. The summed E-state index contributed by atoms with van der Waals surface area (Å²) in [5, 5.41) is 0. The summed E-state index contributed by atoms with van der Waals surface area (Å²) in [6.07, 6.45) is 8.99. The first-order chi connectivity index (χ1) is 5.86. The molecule has 1 atom stereocenters. The Hall–Kier alpha value is -0.700. The van der Waals surface area contributed by atoms with E-state index in [-0.39, 0.29) is 0 Å². The molecule has 3 nitrogen and oxygen atoms in total. The minimum Gasteiger partial charge on any atom is -0.385 e. The summed E-state index contributed by atoms with van der Waals surface area (Å²) in [6, 6.07) is 0.477. The molecule has 2 aliphatic rings. The summed E-state index contributed by atoms with van der Waals surface area (Å²) in [7, 11) is 0. The maximum Gasteiger partial charge on any atom is 0.108 e. The van der Waals surface area contributed by atoms with E-state index in [0.29, 0.717) is 6.04 Å². The lowest BCUT2D eigenvalue weighted by Crippen LogP contribution is -2.38. The van der Waals surface area contributed by atoms with E-state index in [0.717, 1.165) is 11.7 Å². The fourth-order valence-corrected chi connectivity index (χ4v) is 2.19. The zero-order valence-corrected chi connectivity index (χ0v) is 7.34. The quantitative estimate of drug-likeness (QED) is 0.542. The molecule has 1 fully saturated rings. The van der Waals surface area contributed by atoms with Gasteiger partial charge >= 0.3 is 0 Å². The maximum atomic E-state index is 5.62. The smallest absolute Gasteiger partial charge is 0.108 e. The van der Waals surface area contributed by atoms with Gasteiger partial charge in [0.05, 0.1) is 6.04 Å². The molecule has 1 heterocycles. The molecule has 12 heavy (non-hydrogen) atoms. The largest absolute Gasteiger partial charge is 0.385 e. The Kier molecular flexibility index (Phi) is 2.21. The zero-order valence-electron chi connectivity index (χ0n) is 7.34. The molecule has 1 aliphatic heterocycles. The molecule has 0 amide bonds. The van der Waals surface area contributed by atoms with Gasteiger partial charge in [-0.05, 0) is 24.8 Å². The Labute approximate surface area is 73.4 Å². The minimum absolute atomic E-state index is 0.477. The van der Waals surface area contributed by atoms with Crippen LogP contribution >= 0.6 is 0 Å². The normalized spacial score (nSPS) is 31.3. The molecule has 0 aromatic heterocycles. The van der Waals surface area contributed by atoms with Crippen LogP contribution in [-0.4, -0.2) is 6.04 Å². The Morgan fingerprint density at radius 2 is 2.00 bits per heavy atom. The number of nitrogens with two attached hydrogens (primary N) is 1. The van der Waals surface area contributed by atoms with Crippen molar-refractivity contribution in [2.45, 2.75) is 38.1 Å². The average Bonchev–Trinajstić information content (AvgIpc) is 2.54. The Morgan fingerprint density at radius 3 is 2.58 bits per heavy atom. The van der Waals surface area contributed by atoms with Crippen molar-refractivity contribution in [1.82, 2.24) is 10.9 Å². The van der Waals surface area contributed by atoms with Crippen LogP contribution in [0.3, 0.4) is 0 Å². The van der Waals surface area contributed by atoms with Crippen LogP contribution in [-0.2, 0) is 0 Å². The highest BCUT2D eigenvalue weighted by Gasteiger charge is 2.24. The van der Waals surface area contributed by atoms with Crippen LogP contribution in [0.25, 0.3) is 0 Å². The van der Waals surface area contributed by atoms with Crippen LogP contribution in [0.2, 0.25) is 0 Å². The lowest BCUT2D eigenvalue weighted by Gasteiger charge is -2.25.